The van der Waals surface area contributed by atoms with Crippen LogP contribution in [0, 0.1) is 12.1 Å². The number of methoxy groups -OCH3 is 1. The summed E-state index contributed by atoms with van der Waals surface area (Å²) in [5.41, 5.74) is 0.647. The van der Waals surface area contributed by atoms with Crippen LogP contribution in [0.4, 0.5) is 0 Å². The number of rotatable bonds is 1. The predicted octanol–water partition coefficient (Wildman–Crippen LogP) is 0.685. The van der Waals surface area contributed by atoms with Gasteiger partial charge in [0.2, 0.25) is 0 Å². The van der Waals surface area contributed by atoms with Gasteiger partial charge in [-0.05, 0) is 23.4 Å². The molecule has 0 radical (unpaired) electrons. The van der Waals surface area contributed by atoms with Gasteiger partial charge < -0.3 is 9.94 Å². The van der Waals surface area contributed by atoms with Crippen LogP contribution in [-0.4, -0.2) is 12.2 Å². The summed E-state index contributed by atoms with van der Waals surface area (Å²) in [4.78, 5) is 0.329. The number of aryl methyl sites for hydroxylation is 1. The Balaban J connectivity index is 3.21. The largest absolute Gasteiger partial charge is 0.593 e. The molecule has 0 fully saturated rings. The predicted molar refractivity (Wildman–Crippen MR) is 39.5 cm³/mol. The van der Waals surface area contributed by atoms with Gasteiger partial charge in [-0.1, -0.05) is 0 Å². The lowest BCUT2D eigenvalue weighted by atomic mass is 10.3. The molecule has 0 unspecified atom stereocenters. The maximum atomic E-state index is 10.8. The highest BCUT2D eigenvalue weighted by Gasteiger charge is 2.10. The molecule has 0 saturated heterocycles. The number of halogens is 1. The van der Waals surface area contributed by atoms with Gasteiger partial charge >= 0.3 is 5.15 Å². The molecular formula is C6H7ClN2O2. The molecule has 5 heteroatoms. The zero-order valence-corrected chi connectivity index (χ0v) is 6.92. The van der Waals surface area contributed by atoms with Crippen LogP contribution in [0.25, 0.3) is 0 Å². The fourth-order valence-electron chi connectivity index (χ4n) is 0.658. The lowest BCUT2D eigenvalue weighted by molar-refractivity contribution is -0.667. The molecule has 0 spiro atoms. The number of hydrogen-bond acceptors (Lipinski definition) is 3. The maximum Gasteiger partial charge on any atom is 0.316 e. The Morgan fingerprint density at radius 2 is 2.36 bits per heavy atom. The summed E-state index contributed by atoms with van der Waals surface area (Å²) in [5, 5.41) is 14.3. The third kappa shape index (κ3) is 1.51. The monoisotopic (exact) mass is 174 g/mol. The zero-order chi connectivity index (χ0) is 8.43. The molecule has 0 aliphatic heterocycles. The van der Waals surface area contributed by atoms with Crippen molar-refractivity contribution in [2.75, 3.05) is 7.11 Å². The van der Waals surface area contributed by atoms with Gasteiger partial charge in [0.15, 0.2) is 0 Å². The molecule has 0 atom stereocenters. The standard InChI is InChI=1S/C6H7ClN2O2/c1-4-3-5(11-2)8-9(10)6(4)7/h3H,1-2H3. The molecule has 1 aromatic rings. The Kier molecular flexibility index (Phi) is 2.14. The van der Waals surface area contributed by atoms with Gasteiger partial charge in [0.05, 0.1) is 12.2 Å². The van der Waals surface area contributed by atoms with Crippen LogP contribution in [0.5, 0.6) is 5.88 Å². The lowest BCUT2D eigenvalue weighted by Gasteiger charge is -2.00. The van der Waals surface area contributed by atoms with Gasteiger partial charge in [-0.25, -0.2) is 0 Å². The second kappa shape index (κ2) is 2.92. The molecule has 11 heavy (non-hydrogen) atoms. The van der Waals surface area contributed by atoms with E-state index in [-0.39, 0.29) is 11.0 Å². The molecule has 0 aliphatic carbocycles. The normalized spacial score (nSPS) is 9.73. The van der Waals surface area contributed by atoms with Crippen molar-refractivity contribution in [2.45, 2.75) is 6.92 Å². The van der Waals surface area contributed by atoms with Gasteiger partial charge in [-0.15, -0.1) is 0 Å². The highest BCUT2D eigenvalue weighted by atomic mass is 35.5. The van der Waals surface area contributed by atoms with Crippen LogP contribution in [0.1, 0.15) is 5.56 Å². The maximum absolute atomic E-state index is 10.8. The van der Waals surface area contributed by atoms with Crippen molar-refractivity contribution in [1.82, 2.24) is 5.10 Å². The summed E-state index contributed by atoms with van der Waals surface area (Å²) in [6.07, 6.45) is 0. The van der Waals surface area contributed by atoms with E-state index < -0.39 is 0 Å². The van der Waals surface area contributed by atoms with E-state index in [4.69, 9.17) is 16.3 Å². The molecule has 1 heterocycles. The van der Waals surface area contributed by atoms with Crippen molar-refractivity contribution in [3.05, 3.63) is 22.0 Å². The van der Waals surface area contributed by atoms with E-state index >= 15 is 0 Å². The molecule has 0 aromatic carbocycles. The van der Waals surface area contributed by atoms with Crippen molar-refractivity contribution >= 4 is 11.6 Å². The summed E-state index contributed by atoms with van der Waals surface area (Å²) >= 11 is 5.54. The Labute approximate surface area is 68.9 Å². The van der Waals surface area contributed by atoms with Crippen molar-refractivity contribution in [1.29, 1.82) is 0 Å². The summed E-state index contributed by atoms with van der Waals surface area (Å²) < 4.78 is 4.74. The summed E-state index contributed by atoms with van der Waals surface area (Å²) in [6, 6.07) is 1.59. The molecule has 0 bridgehead atoms. The van der Waals surface area contributed by atoms with E-state index in [2.05, 4.69) is 5.10 Å². The minimum atomic E-state index is 0.0748. The fourth-order valence-corrected chi connectivity index (χ4v) is 0.750. The first-order valence-corrected chi connectivity index (χ1v) is 3.34. The molecule has 60 valence electrons. The first-order chi connectivity index (χ1) is 5.15. The van der Waals surface area contributed by atoms with E-state index in [1.807, 2.05) is 0 Å². The van der Waals surface area contributed by atoms with E-state index in [0.29, 0.717) is 10.4 Å². The van der Waals surface area contributed by atoms with Crippen LogP contribution < -0.4 is 9.58 Å². The van der Waals surface area contributed by atoms with E-state index in [1.165, 1.54) is 7.11 Å². The molecule has 0 saturated carbocycles. The second-order valence-corrected chi connectivity index (χ2v) is 2.39. The third-order valence-electron chi connectivity index (χ3n) is 1.23. The van der Waals surface area contributed by atoms with Gasteiger partial charge in [0.25, 0.3) is 5.88 Å². The first-order valence-electron chi connectivity index (χ1n) is 2.96. The van der Waals surface area contributed by atoms with Crippen LogP contribution in [0.15, 0.2) is 6.07 Å². The minimum Gasteiger partial charge on any atom is -0.593 e. The lowest BCUT2D eigenvalue weighted by Crippen LogP contribution is -2.33. The Hall–Kier alpha value is -1.03. The fraction of sp³-hybridized carbons (Fsp3) is 0.333. The number of hydrogen-bond donors (Lipinski definition) is 0. The zero-order valence-electron chi connectivity index (χ0n) is 6.17. The molecule has 1 aromatic heterocycles. The number of nitrogens with zero attached hydrogens (tertiary/aromatic N) is 2. The first kappa shape index (κ1) is 8.07. The molecule has 0 aliphatic rings. The smallest absolute Gasteiger partial charge is 0.316 e. The quantitative estimate of drug-likeness (QED) is 0.465. The van der Waals surface area contributed by atoms with Crippen molar-refractivity contribution < 1.29 is 9.58 Å². The Morgan fingerprint density at radius 3 is 2.82 bits per heavy atom. The molecule has 0 N–H and O–H groups in total. The molecular weight excluding hydrogens is 168 g/mol. The summed E-state index contributed by atoms with van der Waals surface area (Å²) in [5.74, 6) is 0.266. The van der Waals surface area contributed by atoms with Crippen molar-refractivity contribution in [3.8, 4) is 5.88 Å². The average Bonchev–Trinajstić information content (AvgIpc) is 1.99. The Morgan fingerprint density at radius 1 is 1.73 bits per heavy atom. The minimum absolute atomic E-state index is 0.0748. The van der Waals surface area contributed by atoms with Crippen molar-refractivity contribution in [2.24, 2.45) is 0 Å². The molecule has 0 amide bonds. The number of ether oxygens (including phenoxy) is 1. The van der Waals surface area contributed by atoms with Crippen LogP contribution in [0.3, 0.4) is 0 Å². The van der Waals surface area contributed by atoms with Gasteiger partial charge in [-0.3, -0.25) is 0 Å². The van der Waals surface area contributed by atoms with Crippen LogP contribution >= 0.6 is 11.6 Å². The van der Waals surface area contributed by atoms with Crippen molar-refractivity contribution in [3.63, 3.8) is 0 Å². The van der Waals surface area contributed by atoms with E-state index in [9.17, 15) is 5.21 Å². The van der Waals surface area contributed by atoms with Crippen LogP contribution in [0.2, 0.25) is 5.15 Å². The average molecular weight is 175 g/mol. The topological polar surface area (TPSA) is 49.1 Å². The second-order valence-electron chi connectivity index (χ2n) is 2.03. The number of aromatic nitrogens is 2. The summed E-state index contributed by atoms with van der Waals surface area (Å²) in [6.45, 7) is 1.71. The van der Waals surface area contributed by atoms with Crippen LogP contribution in [-0.2, 0) is 0 Å². The summed E-state index contributed by atoms with van der Waals surface area (Å²) in [7, 11) is 1.44. The SMILES string of the molecule is COc1cc(C)c(Cl)[n+]([O-])n1. The van der Waals surface area contributed by atoms with Gasteiger partial charge in [0.1, 0.15) is 0 Å². The highest BCUT2D eigenvalue weighted by molar-refractivity contribution is 6.29. The van der Waals surface area contributed by atoms with Gasteiger partial charge in [0, 0.05) is 11.6 Å². The van der Waals surface area contributed by atoms with E-state index in [0.717, 1.165) is 0 Å². The molecule has 4 nitrogen and oxygen atoms in total. The van der Waals surface area contributed by atoms with E-state index in [1.54, 1.807) is 13.0 Å². The Bertz CT molecular complexity index is 254. The van der Waals surface area contributed by atoms with Gasteiger partial charge in [-0.2, -0.15) is 0 Å². The highest BCUT2D eigenvalue weighted by Crippen LogP contribution is 2.12. The third-order valence-corrected chi connectivity index (χ3v) is 1.67. The molecule has 1 rings (SSSR count).